The zero-order valence-electron chi connectivity index (χ0n) is 19.6. The number of hydrogen-bond acceptors (Lipinski definition) is 5. The standard InChI is InChI=1S/C25H20F6N4O3/c26-13-5-16(27)19(17(28)6-13)35-7-15(23(37)33-21(12-1-2-12)25(29,30)31)20(36)14-3-4-18(32-22(14)35)34-8-24(9-34)10-38-11-24/h3-7,12,21H,1-2,8-11H2,(H,33,37)/t21-/m0/s1. The number of carbonyl (C=O) groups excluding carboxylic acids is 1. The summed E-state index contributed by atoms with van der Waals surface area (Å²) >= 11 is 0. The summed E-state index contributed by atoms with van der Waals surface area (Å²) in [7, 11) is 0. The van der Waals surface area contributed by atoms with E-state index >= 15 is 0 Å². The van der Waals surface area contributed by atoms with E-state index in [1.165, 1.54) is 12.1 Å². The molecule has 0 unspecified atom stereocenters. The van der Waals surface area contributed by atoms with Gasteiger partial charge in [0.15, 0.2) is 17.3 Å². The summed E-state index contributed by atoms with van der Waals surface area (Å²) in [6, 6.07) is 1.44. The average Bonchev–Trinajstić information content (AvgIpc) is 3.60. The Morgan fingerprint density at radius 3 is 2.32 bits per heavy atom. The molecule has 3 fully saturated rings. The maximum Gasteiger partial charge on any atom is 0.408 e. The molecule has 13 heteroatoms. The Hall–Kier alpha value is -3.61. The van der Waals surface area contributed by atoms with E-state index in [-0.39, 0.29) is 29.3 Å². The summed E-state index contributed by atoms with van der Waals surface area (Å²) in [6.45, 7) is 2.39. The largest absolute Gasteiger partial charge is 0.408 e. The minimum Gasteiger partial charge on any atom is -0.380 e. The third-order valence-electron chi connectivity index (χ3n) is 7.23. The summed E-state index contributed by atoms with van der Waals surface area (Å²) in [6.07, 6.45) is -3.49. The summed E-state index contributed by atoms with van der Waals surface area (Å²) in [5.41, 5.74) is -2.80. The van der Waals surface area contributed by atoms with Gasteiger partial charge in [-0.15, -0.1) is 0 Å². The van der Waals surface area contributed by atoms with E-state index in [2.05, 4.69) is 4.98 Å². The highest BCUT2D eigenvalue weighted by Crippen LogP contribution is 2.41. The number of pyridine rings is 2. The first kappa shape index (κ1) is 24.7. The van der Waals surface area contributed by atoms with Gasteiger partial charge in [-0.1, -0.05) is 0 Å². The highest BCUT2D eigenvalue weighted by atomic mass is 19.4. The lowest BCUT2D eigenvalue weighted by Crippen LogP contribution is -2.66. The Labute approximate surface area is 211 Å². The van der Waals surface area contributed by atoms with Crippen LogP contribution in [0.2, 0.25) is 0 Å². The molecule has 1 N–H and O–H groups in total. The number of nitrogens with zero attached hydrogens (tertiary/aromatic N) is 3. The molecule has 3 aromatic rings. The number of rotatable bonds is 5. The monoisotopic (exact) mass is 538 g/mol. The van der Waals surface area contributed by atoms with Gasteiger partial charge in [-0.25, -0.2) is 18.2 Å². The quantitative estimate of drug-likeness (QED) is 0.502. The average molecular weight is 538 g/mol. The van der Waals surface area contributed by atoms with Crippen LogP contribution in [0.1, 0.15) is 23.2 Å². The van der Waals surface area contributed by atoms with Crippen LogP contribution in [0.4, 0.5) is 32.2 Å². The number of halogens is 6. The summed E-state index contributed by atoms with van der Waals surface area (Å²) in [5, 5.41) is 1.61. The Balaban J connectivity index is 1.48. The molecule has 1 saturated carbocycles. The molecular formula is C25H20F6N4O3. The van der Waals surface area contributed by atoms with E-state index in [4.69, 9.17) is 4.74 Å². The van der Waals surface area contributed by atoms with Crippen molar-refractivity contribution in [2.75, 3.05) is 31.2 Å². The van der Waals surface area contributed by atoms with Crippen molar-refractivity contribution in [1.29, 1.82) is 0 Å². The van der Waals surface area contributed by atoms with Gasteiger partial charge < -0.3 is 15.0 Å². The predicted molar refractivity (Wildman–Crippen MR) is 123 cm³/mol. The molecule has 1 atom stereocenters. The van der Waals surface area contributed by atoms with E-state index in [1.807, 2.05) is 10.2 Å². The van der Waals surface area contributed by atoms with Gasteiger partial charge in [0.1, 0.15) is 28.9 Å². The van der Waals surface area contributed by atoms with Crippen molar-refractivity contribution < 1.29 is 35.9 Å². The molecule has 0 bridgehead atoms. The number of carbonyl (C=O) groups is 1. The molecule has 200 valence electrons. The highest BCUT2D eigenvalue weighted by Gasteiger charge is 2.50. The van der Waals surface area contributed by atoms with Crippen LogP contribution in [0.25, 0.3) is 16.7 Å². The van der Waals surface area contributed by atoms with Gasteiger partial charge in [0.2, 0.25) is 5.43 Å². The molecule has 1 spiro atoms. The van der Waals surface area contributed by atoms with Crippen LogP contribution in [0.3, 0.4) is 0 Å². The van der Waals surface area contributed by atoms with Gasteiger partial charge in [0, 0.05) is 31.4 Å². The third kappa shape index (κ3) is 4.08. The van der Waals surface area contributed by atoms with Crippen LogP contribution in [0, 0.1) is 28.8 Å². The number of aromatic nitrogens is 2. The van der Waals surface area contributed by atoms with Crippen molar-refractivity contribution in [2.24, 2.45) is 11.3 Å². The van der Waals surface area contributed by atoms with E-state index in [0.717, 1.165) is 10.8 Å². The molecular weight excluding hydrogens is 518 g/mol. The second kappa shape index (κ2) is 8.45. The second-order valence-electron chi connectivity index (χ2n) is 10.2. The third-order valence-corrected chi connectivity index (χ3v) is 7.23. The Morgan fingerprint density at radius 2 is 1.76 bits per heavy atom. The fourth-order valence-electron chi connectivity index (χ4n) is 5.08. The van der Waals surface area contributed by atoms with Gasteiger partial charge in [-0.3, -0.25) is 14.2 Å². The first-order valence-corrected chi connectivity index (χ1v) is 11.9. The van der Waals surface area contributed by atoms with Gasteiger partial charge >= 0.3 is 6.18 Å². The number of fused-ring (bicyclic) bond motifs is 1. The molecule has 2 saturated heterocycles. The fourth-order valence-corrected chi connectivity index (χ4v) is 5.08. The maximum absolute atomic E-state index is 14.8. The van der Waals surface area contributed by atoms with Crippen molar-refractivity contribution in [3.63, 3.8) is 0 Å². The second-order valence-corrected chi connectivity index (χ2v) is 10.2. The van der Waals surface area contributed by atoms with Crippen LogP contribution in [-0.2, 0) is 4.74 Å². The number of alkyl halides is 3. The molecule has 1 aromatic carbocycles. The molecule has 2 aromatic heterocycles. The van der Waals surface area contributed by atoms with E-state index in [0.29, 0.717) is 44.3 Å². The van der Waals surface area contributed by atoms with Crippen LogP contribution in [-0.4, -0.2) is 54.0 Å². The predicted octanol–water partition coefficient (Wildman–Crippen LogP) is 3.71. The topological polar surface area (TPSA) is 76.5 Å². The number of amides is 1. The van der Waals surface area contributed by atoms with Crippen LogP contribution >= 0.6 is 0 Å². The zero-order chi connectivity index (χ0) is 27.0. The molecule has 7 nitrogen and oxygen atoms in total. The minimum atomic E-state index is -4.75. The van der Waals surface area contributed by atoms with E-state index in [1.54, 1.807) is 0 Å². The zero-order valence-corrected chi connectivity index (χ0v) is 19.6. The summed E-state index contributed by atoms with van der Waals surface area (Å²) < 4.78 is 89.9. The first-order valence-electron chi connectivity index (χ1n) is 11.9. The number of anilines is 1. The number of ether oxygens (including phenoxy) is 1. The van der Waals surface area contributed by atoms with Crippen molar-refractivity contribution in [2.45, 2.75) is 25.1 Å². The van der Waals surface area contributed by atoms with Crippen molar-refractivity contribution in [1.82, 2.24) is 14.9 Å². The SMILES string of the molecule is O=C(N[C@@H](C1CC1)C(F)(F)F)c1cn(-c2c(F)cc(F)cc2F)c2nc(N3CC4(COC4)C3)ccc2c1=O. The lowest BCUT2D eigenvalue weighted by molar-refractivity contribution is -0.158. The number of hydrogen-bond donors (Lipinski definition) is 1. The van der Waals surface area contributed by atoms with E-state index < -0.39 is 58.2 Å². The molecule has 0 radical (unpaired) electrons. The molecule has 1 amide bonds. The Bertz CT molecular complexity index is 1500. The lowest BCUT2D eigenvalue weighted by atomic mass is 9.78. The number of benzene rings is 1. The molecule has 4 heterocycles. The minimum absolute atomic E-state index is 0.00397. The Kier molecular flexibility index (Phi) is 5.49. The van der Waals surface area contributed by atoms with Gasteiger partial charge in [0.05, 0.1) is 24.0 Å². The van der Waals surface area contributed by atoms with Crippen molar-refractivity contribution in [3.8, 4) is 5.69 Å². The van der Waals surface area contributed by atoms with Gasteiger partial charge in [-0.2, -0.15) is 13.2 Å². The smallest absolute Gasteiger partial charge is 0.380 e. The Morgan fingerprint density at radius 1 is 1.11 bits per heavy atom. The molecule has 3 aliphatic rings. The van der Waals surface area contributed by atoms with Crippen LogP contribution in [0.15, 0.2) is 35.3 Å². The van der Waals surface area contributed by atoms with Crippen molar-refractivity contribution in [3.05, 3.63) is 63.7 Å². The molecule has 6 rings (SSSR count). The normalized spacial score (nSPS) is 19.3. The molecule has 1 aliphatic carbocycles. The maximum atomic E-state index is 14.8. The van der Waals surface area contributed by atoms with Crippen LogP contribution < -0.4 is 15.6 Å². The summed E-state index contributed by atoms with van der Waals surface area (Å²) in [5.74, 6) is -5.69. The number of nitrogens with one attached hydrogen (secondary N) is 1. The van der Waals surface area contributed by atoms with E-state index in [9.17, 15) is 35.9 Å². The van der Waals surface area contributed by atoms with Gasteiger partial charge in [-0.05, 0) is 30.9 Å². The van der Waals surface area contributed by atoms with Crippen LogP contribution in [0.5, 0.6) is 0 Å². The summed E-state index contributed by atoms with van der Waals surface area (Å²) in [4.78, 5) is 32.5. The highest BCUT2D eigenvalue weighted by molar-refractivity contribution is 5.97. The van der Waals surface area contributed by atoms with Crippen molar-refractivity contribution >= 4 is 22.8 Å². The first-order chi connectivity index (χ1) is 18.0. The lowest BCUT2D eigenvalue weighted by Gasteiger charge is -2.55. The molecule has 38 heavy (non-hydrogen) atoms. The molecule has 2 aliphatic heterocycles. The fraction of sp³-hybridized carbons (Fsp3) is 0.400. The van der Waals surface area contributed by atoms with Gasteiger partial charge in [0.25, 0.3) is 5.91 Å².